The first-order valence-electron chi connectivity index (χ1n) is 3.04. The van der Waals surface area contributed by atoms with Crippen LogP contribution in [-0.4, -0.2) is 13.0 Å². The van der Waals surface area contributed by atoms with Crippen LogP contribution in [0.3, 0.4) is 0 Å². The van der Waals surface area contributed by atoms with E-state index in [1.165, 1.54) is 12.1 Å². The van der Waals surface area contributed by atoms with E-state index in [-0.39, 0.29) is 49.7 Å². The Morgan fingerprint density at radius 2 is 1.46 bits per heavy atom. The van der Waals surface area contributed by atoms with Gasteiger partial charge in [-0.3, -0.25) is 4.55 Å². The molecule has 0 saturated carbocycles. The minimum absolute atomic E-state index is 0. The van der Waals surface area contributed by atoms with Gasteiger partial charge in [-0.25, -0.2) is 0 Å². The number of hydrogen-bond donors (Lipinski definition) is 1. The summed E-state index contributed by atoms with van der Waals surface area (Å²) in [6, 6.07) is 5.99. The summed E-state index contributed by atoms with van der Waals surface area (Å²) in [7, 11) is -4.02. The van der Waals surface area contributed by atoms with E-state index in [9.17, 15) is 8.42 Å². The first-order chi connectivity index (χ1) is 5.00. The first-order valence-corrected chi connectivity index (χ1v) is 4.48. The van der Waals surface area contributed by atoms with Crippen molar-refractivity contribution >= 4 is 10.1 Å². The summed E-state index contributed by atoms with van der Waals surface area (Å²) < 4.78 is 29.6. The normalized spacial score (nSPS) is 9.69. The number of benzene rings is 1. The monoisotopic (exact) mass is 386 g/mol. The molecule has 1 aromatic rings. The fraction of sp³-hybridized carbons (Fsp3) is 0.143. The molecule has 0 atom stereocenters. The molecule has 13 heavy (non-hydrogen) atoms. The quantitative estimate of drug-likeness (QED) is 0.582. The van der Waals surface area contributed by atoms with E-state index in [1.807, 2.05) is 6.92 Å². The van der Waals surface area contributed by atoms with Crippen LogP contribution in [0.1, 0.15) is 5.56 Å². The molecule has 82 valence electrons. The van der Waals surface area contributed by atoms with Gasteiger partial charge in [0.25, 0.3) is 10.1 Å². The van der Waals surface area contributed by atoms with Crippen molar-refractivity contribution in [3.05, 3.63) is 29.8 Å². The zero-order valence-electron chi connectivity index (χ0n) is 6.58. The van der Waals surface area contributed by atoms with E-state index >= 15 is 0 Å². The van der Waals surface area contributed by atoms with Crippen LogP contribution in [0.2, 0.25) is 0 Å². The van der Waals surface area contributed by atoms with E-state index in [2.05, 4.69) is 0 Å². The Bertz CT molecular complexity index is 345. The summed E-state index contributed by atoms with van der Waals surface area (Å²) in [5.41, 5.74) is 0.956. The van der Waals surface area contributed by atoms with Crippen molar-refractivity contribution in [1.29, 1.82) is 0 Å². The molecule has 1 aromatic carbocycles. The topological polar surface area (TPSA) is 54.4 Å². The van der Waals surface area contributed by atoms with Crippen molar-refractivity contribution in [1.82, 2.24) is 0 Å². The van der Waals surface area contributed by atoms with Crippen molar-refractivity contribution in [3.63, 3.8) is 0 Å². The van der Waals surface area contributed by atoms with Gasteiger partial charge in [-0.2, -0.15) is 8.42 Å². The van der Waals surface area contributed by atoms with Gasteiger partial charge in [0, 0.05) is 44.8 Å². The third kappa shape index (κ3) is 5.15. The Labute approximate surface area is 109 Å². The van der Waals surface area contributed by atoms with E-state index in [4.69, 9.17) is 4.55 Å². The molecule has 0 spiro atoms. The molecule has 0 aliphatic heterocycles. The van der Waals surface area contributed by atoms with E-state index < -0.39 is 10.1 Å². The fourth-order valence-electron chi connectivity index (χ4n) is 0.710. The van der Waals surface area contributed by atoms with Crippen LogP contribution in [0.15, 0.2) is 29.2 Å². The first kappa shape index (κ1) is 16.1. The summed E-state index contributed by atoms with van der Waals surface area (Å²) in [6.07, 6.45) is 0. The maximum atomic E-state index is 10.5. The second-order valence-electron chi connectivity index (χ2n) is 2.29. The molecule has 0 amide bonds. The Kier molecular flexibility index (Phi) is 7.61. The predicted molar refractivity (Wildman–Crippen MR) is 41.0 cm³/mol. The number of rotatable bonds is 1. The summed E-state index contributed by atoms with van der Waals surface area (Å²) in [5, 5.41) is 0. The molecular weight excluding hydrogens is 380 g/mol. The van der Waals surface area contributed by atoms with Gasteiger partial charge in [0.15, 0.2) is 0 Å². The molecular formula is C7H8Ag2O3S. The molecule has 0 saturated heterocycles. The summed E-state index contributed by atoms with van der Waals surface area (Å²) in [6.45, 7) is 1.84. The zero-order valence-corrected chi connectivity index (χ0v) is 10.4. The summed E-state index contributed by atoms with van der Waals surface area (Å²) >= 11 is 0. The van der Waals surface area contributed by atoms with Gasteiger partial charge in [-0.1, -0.05) is 17.7 Å². The largest absolute Gasteiger partial charge is 0.294 e. The maximum Gasteiger partial charge on any atom is 0.294 e. The Hall–Kier alpha value is 0.611. The van der Waals surface area contributed by atoms with Gasteiger partial charge in [0.05, 0.1) is 4.90 Å². The van der Waals surface area contributed by atoms with Crippen molar-refractivity contribution in [2.45, 2.75) is 11.8 Å². The Morgan fingerprint density at radius 3 is 1.77 bits per heavy atom. The van der Waals surface area contributed by atoms with Gasteiger partial charge >= 0.3 is 0 Å². The van der Waals surface area contributed by atoms with Crippen LogP contribution in [0.5, 0.6) is 0 Å². The molecule has 6 heteroatoms. The van der Waals surface area contributed by atoms with E-state index in [1.54, 1.807) is 12.1 Å². The molecule has 0 aromatic heterocycles. The smallest absolute Gasteiger partial charge is 0.282 e. The van der Waals surface area contributed by atoms with Crippen LogP contribution in [0.4, 0.5) is 0 Å². The average Bonchev–Trinajstić information content (AvgIpc) is 1.86. The van der Waals surface area contributed by atoms with Gasteiger partial charge in [-0.15, -0.1) is 0 Å². The molecule has 0 fully saturated rings. The van der Waals surface area contributed by atoms with E-state index in [0.29, 0.717) is 0 Å². The van der Waals surface area contributed by atoms with Crippen LogP contribution < -0.4 is 0 Å². The molecule has 1 N–H and O–H groups in total. The van der Waals surface area contributed by atoms with Crippen molar-refractivity contribution in [2.24, 2.45) is 0 Å². The maximum absolute atomic E-state index is 10.5. The third-order valence-electron chi connectivity index (χ3n) is 1.32. The number of hydrogen-bond acceptors (Lipinski definition) is 2. The van der Waals surface area contributed by atoms with Gasteiger partial charge in [0.2, 0.25) is 0 Å². The van der Waals surface area contributed by atoms with Crippen molar-refractivity contribution < 1.29 is 57.7 Å². The molecule has 0 heterocycles. The van der Waals surface area contributed by atoms with Crippen LogP contribution in [-0.2, 0) is 54.9 Å². The summed E-state index contributed by atoms with van der Waals surface area (Å²) in [4.78, 5) is -0.0666. The molecule has 3 nitrogen and oxygen atoms in total. The van der Waals surface area contributed by atoms with Crippen molar-refractivity contribution in [3.8, 4) is 0 Å². The standard InChI is InChI=1S/C7H8O3S.2Ag/c1-6-2-4-7(5-3-6)11(8,9)10;;/h2-5H,1H3,(H,8,9,10);;. The van der Waals surface area contributed by atoms with Crippen LogP contribution in [0.25, 0.3) is 0 Å². The predicted octanol–water partition coefficient (Wildman–Crippen LogP) is 1.24. The third-order valence-corrected chi connectivity index (χ3v) is 2.19. The zero-order chi connectivity index (χ0) is 8.48. The Balaban J connectivity index is 0. The molecule has 0 aliphatic rings. The minimum atomic E-state index is -4.02. The molecule has 0 unspecified atom stereocenters. The molecule has 0 bridgehead atoms. The summed E-state index contributed by atoms with van der Waals surface area (Å²) in [5.74, 6) is 0. The van der Waals surface area contributed by atoms with Crippen molar-refractivity contribution in [2.75, 3.05) is 0 Å². The number of aryl methyl sites for hydroxylation is 1. The van der Waals surface area contributed by atoms with Crippen LogP contribution >= 0.6 is 0 Å². The molecule has 2 radical (unpaired) electrons. The van der Waals surface area contributed by atoms with Crippen LogP contribution in [0, 0.1) is 6.92 Å². The minimum Gasteiger partial charge on any atom is -0.282 e. The SMILES string of the molecule is Cc1ccc(S(=O)(=O)O)cc1.[Ag].[Ag]. The molecule has 1 rings (SSSR count). The second-order valence-corrected chi connectivity index (χ2v) is 3.71. The van der Waals surface area contributed by atoms with Gasteiger partial charge < -0.3 is 0 Å². The second kappa shape index (κ2) is 6.16. The fourth-order valence-corrected chi connectivity index (χ4v) is 1.19. The van der Waals surface area contributed by atoms with E-state index in [0.717, 1.165) is 5.56 Å². The van der Waals surface area contributed by atoms with Gasteiger partial charge in [0.1, 0.15) is 0 Å². The average molecular weight is 388 g/mol. The van der Waals surface area contributed by atoms with Gasteiger partial charge in [-0.05, 0) is 19.1 Å². The Morgan fingerprint density at radius 1 is 1.08 bits per heavy atom. The molecule has 0 aliphatic carbocycles.